The predicted octanol–water partition coefficient (Wildman–Crippen LogP) is 3.43. The molecule has 1 aliphatic rings. The molecule has 0 saturated heterocycles. The van der Waals surface area contributed by atoms with Gasteiger partial charge in [0.15, 0.2) is 0 Å². The third kappa shape index (κ3) is 6.00. The van der Waals surface area contributed by atoms with Crippen molar-refractivity contribution in [3.8, 4) is 0 Å². The van der Waals surface area contributed by atoms with Crippen LogP contribution in [0.25, 0.3) is 0 Å². The number of carbonyl (C=O) groups is 2. The highest BCUT2D eigenvalue weighted by Gasteiger charge is 2.28. The van der Waals surface area contributed by atoms with Gasteiger partial charge in [-0.05, 0) is 32.8 Å². The summed E-state index contributed by atoms with van der Waals surface area (Å²) in [5.41, 5.74) is 0.275. The lowest BCUT2D eigenvalue weighted by Crippen LogP contribution is -2.37. The molecular weight excluding hydrogens is 381 g/mol. The molecule has 1 aromatic heterocycles. The summed E-state index contributed by atoms with van der Waals surface area (Å²) in [5, 5.41) is 3.22. The van der Waals surface area contributed by atoms with Crippen molar-refractivity contribution in [1.82, 2.24) is 15.3 Å². The number of allylic oxidation sites excluding steroid dienone is 3. The van der Waals surface area contributed by atoms with Crippen molar-refractivity contribution in [3.05, 3.63) is 46.1 Å². The van der Waals surface area contributed by atoms with Crippen LogP contribution in [0.4, 0.5) is 4.79 Å². The molecule has 0 aromatic carbocycles. The average Bonchev–Trinajstić information content (AvgIpc) is 2.58. The van der Waals surface area contributed by atoms with Gasteiger partial charge in [-0.2, -0.15) is 0 Å². The van der Waals surface area contributed by atoms with Crippen molar-refractivity contribution in [3.63, 3.8) is 0 Å². The number of halogens is 2. The Kier molecular flexibility index (Phi) is 7.41. The van der Waals surface area contributed by atoms with Gasteiger partial charge in [-0.3, -0.25) is 5.32 Å². The van der Waals surface area contributed by atoms with Gasteiger partial charge in [0.2, 0.25) is 6.10 Å². The molecule has 1 N–H and O–H groups in total. The molecular formula is C17H19Cl2N3O4. The number of amides is 1. The van der Waals surface area contributed by atoms with E-state index in [1.165, 1.54) is 12.4 Å². The van der Waals surface area contributed by atoms with Crippen molar-refractivity contribution >= 4 is 35.3 Å². The molecule has 140 valence electrons. The maximum absolute atomic E-state index is 12.3. The quantitative estimate of drug-likeness (QED) is 0.736. The topological polar surface area (TPSA) is 90.4 Å². The molecule has 1 aliphatic carbocycles. The smallest absolute Gasteiger partial charge is 0.412 e. The van der Waals surface area contributed by atoms with E-state index in [4.69, 9.17) is 32.7 Å². The second-order valence-corrected chi connectivity index (χ2v) is 6.61. The Balaban J connectivity index is 2.08. The standard InChI is InChI=1S/C17H19Cl2N3O4/c1-10(2)25-16(23)13(9-14-20-7-4-8-21-14)26-17(24)22-15-11(18)5-3-6-12(15)19/h4-5,7-8,10,13H,3,6,9H2,1-2H3,(H,22,24). The number of alkyl carbamates (subject to hydrolysis) is 1. The minimum Gasteiger partial charge on any atom is -0.460 e. The molecule has 1 heterocycles. The lowest BCUT2D eigenvalue weighted by molar-refractivity contribution is -0.157. The fourth-order valence-corrected chi connectivity index (χ4v) is 2.73. The molecule has 2 rings (SSSR count). The maximum atomic E-state index is 12.3. The largest absolute Gasteiger partial charge is 0.460 e. The number of nitrogens with zero attached hydrogens (tertiary/aromatic N) is 2. The number of esters is 1. The Labute approximate surface area is 161 Å². The Bertz CT molecular complexity index is 720. The van der Waals surface area contributed by atoms with Crippen molar-refractivity contribution in [1.29, 1.82) is 0 Å². The highest BCUT2D eigenvalue weighted by molar-refractivity contribution is 6.36. The molecule has 1 aromatic rings. The van der Waals surface area contributed by atoms with Crippen molar-refractivity contribution < 1.29 is 19.1 Å². The van der Waals surface area contributed by atoms with Crippen LogP contribution in [-0.2, 0) is 20.7 Å². The summed E-state index contributed by atoms with van der Waals surface area (Å²) in [6.45, 7) is 3.40. The minimum atomic E-state index is -1.20. The molecule has 1 amide bonds. The van der Waals surface area contributed by atoms with Crippen LogP contribution in [0, 0.1) is 0 Å². The monoisotopic (exact) mass is 399 g/mol. The summed E-state index contributed by atoms with van der Waals surface area (Å²) < 4.78 is 10.4. The van der Waals surface area contributed by atoms with Gasteiger partial charge in [0.05, 0.1) is 23.3 Å². The molecule has 0 radical (unpaired) electrons. The fraction of sp³-hybridized carbons (Fsp3) is 0.412. The highest BCUT2D eigenvalue weighted by Crippen LogP contribution is 2.28. The van der Waals surface area contributed by atoms with Crippen LogP contribution in [0.3, 0.4) is 0 Å². The van der Waals surface area contributed by atoms with Crippen molar-refractivity contribution in [2.45, 2.75) is 45.3 Å². The Morgan fingerprint density at radius 1 is 1.23 bits per heavy atom. The molecule has 26 heavy (non-hydrogen) atoms. The van der Waals surface area contributed by atoms with Crippen LogP contribution in [0.15, 0.2) is 40.3 Å². The van der Waals surface area contributed by atoms with Crippen LogP contribution in [0.1, 0.15) is 32.5 Å². The Morgan fingerprint density at radius 3 is 2.54 bits per heavy atom. The van der Waals surface area contributed by atoms with Gasteiger partial charge in [-0.1, -0.05) is 29.3 Å². The summed E-state index contributed by atoms with van der Waals surface area (Å²) in [6.07, 6.45) is 3.60. The van der Waals surface area contributed by atoms with Crippen LogP contribution in [0.5, 0.6) is 0 Å². The zero-order chi connectivity index (χ0) is 19.1. The van der Waals surface area contributed by atoms with Gasteiger partial charge in [0, 0.05) is 17.4 Å². The molecule has 1 atom stereocenters. The SMILES string of the molecule is CC(C)OC(=O)C(Cc1ncccn1)OC(=O)NC1=C(Cl)CCC=C1Cl. The van der Waals surface area contributed by atoms with Gasteiger partial charge in [0.1, 0.15) is 5.82 Å². The number of hydrogen-bond acceptors (Lipinski definition) is 6. The number of nitrogens with one attached hydrogen (secondary N) is 1. The summed E-state index contributed by atoms with van der Waals surface area (Å²) in [7, 11) is 0. The summed E-state index contributed by atoms with van der Waals surface area (Å²) in [5.74, 6) is -0.341. The van der Waals surface area contributed by atoms with E-state index < -0.39 is 18.2 Å². The second-order valence-electron chi connectivity index (χ2n) is 5.74. The third-order valence-corrected chi connectivity index (χ3v) is 4.00. The van der Waals surface area contributed by atoms with Gasteiger partial charge in [0.25, 0.3) is 0 Å². The zero-order valence-electron chi connectivity index (χ0n) is 14.4. The van der Waals surface area contributed by atoms with Crippen LogP contribution in [-0.4, -0.2) is 34.2 Å². The first-order valence-corrected chi connectivity index (χ1v) is 8.81. The van der Waals surface area contributed by atoms with Gasteiger partial charge in [-0.25, -0.2) is 19.6 Å². The zero-order valence-corrected chi connectivity index (χ0v) is 15.9. The van der Waals surface area contributed by atoms with Gasteiger partial charge < -0.3 is 9.47 Å². The van der Waals surface area contributed by atoms with E-state index in [-0.39, 0.29) is 18.2 Å². The molecule has 0 saturated carbocycles. The number of hydrogen-bond donors (Lipinski definition) is 1. The Hall–Kier alpha value is -2.12. The van der Waals surface area contributed by atoms with E-state index in [2.05, 4.69) is 15.3 Å². The lowest BCUT2D eigenvalue weighted by atomic mass is 10.1. The molecule has 7 nitrogen and oxygen atoms in total. The molecule has 9 heteroatoms. The molecule has 0 aliphatic heterocycles. The highest BCUT2D eigenvalue weighted by atomic mass is 35.5. The summed E-state index contributed by atoms with van der Waals surface area (Å²) >= 11 is 12.1. The van der Waals surface area contributed by atoms with E-state index in [1.54, 1.807) is 26.0 Å². The molecule has 0 spiro atoms. The van der Waals surface area contributed by atoms with Crippen LogP contribution in [0.2, 0.25) is 0 Å². The molecule has 0 bridgehead atoms. The minimum absolute atomic E-state index is 0.0177. The number of carbonyl (C=O) groups excluding carboxylic acids is 2. The Morgan fingerprint density at radius 2 is 1.92 bits per heavy atom. The van der Waals surface area contributed by atoms with Crippen LogP contribution < -0.4 is 5.32 Å². The second kappa shape index (κ2) is 9.54. The predicted molar refractivity (Wildman–Crippen MR) is 96.4 cm³/mol. The number of rotatable bonds is 6. The van der Waals surface area contributed by atoms with Gasteiger partial charge >= 0.3 is 12.1 Å². The number of aromatic nitrogens is 2. The fourth-order valence-electron chi connectivity index (χ4n) is 2.15. The number of ether oxygens (including phenoxy) is 2. The van der Waals surface area contributed by atoms with Gasteiger partial charge in [-0.15, -0.1) is 0 Å². The summed E-state index contributed by atoms with van der Waals surface area (Å²) in [4.78, 5) is 32.6. The normalized spacial score (nSPS) is 15.3. The average molecular weight is 400 g/mol. The van der Waals surface area contributed by atoms with Crippen LogP contribution >= 0.6 is 23.2 Å². The first kappa shape index (κ1) is 20.2. The summed E-state index contributed by atoms with van der Waals surface area (Å²) in [6, 6.07) is 1.64. The van der Waals surface area contributed by atoms with E-state index >= 15 is 0 Å². The van der Waals surface area contributed by atoms with E-state index in [0.29, 0.717) is 28.7 Å². The van der Waals surface area contributed by atoms with Crippen molar-refractivity contribution in [2.24, 2.45) is 0 Å². The molecule has 0 fully saturated rings. The first-order valence-electron chi connectivity index (χ1n) is 8.05. The van der Waals surface area contributed by atoms with E-state index in [1.807, 2.05) is 0 Å². The third-order valence-electron chi connectivity index (χ3n) is 3.28. The molecule has 1 unspecified atom stereocenters. The van der Waals surface area contributed by atoms with E-state index in [9.17, 15) is 9.59 Å². The van der Waals surface area contributed by atoms with E-state index in [0.717, 1.165) is 0 Å². The van der Waals surface area contributed by atoms with Crippen molar-refractivity contribution in [2.75, 3.05) is 0 Å². The maximum Gasteiger partial charge on any atom is 0.412 e. The first-order chi connectivity index (χ1) is 12.4. The lowest BCUT2D eigenvalue weighted by Gasteiger charge is -2.20.